The minimum Gasteiger partial charge on any atom is -0.370 e. The molecule has 23 heavy (non-hydrogen) atoms. The first kappa shape index (κ1) is 17.3. The Labute approximate surface area is 139 Å². The van der Waals surface area contributed by atoms with Crippen LogP contribution < -0.4 is 11.1 Å². The molecule has 1 fully saturated rings. The minimum atomic E-state index is -0.210. The van der Waals surface area contributed by atoms with Crippen LogP contribution in [0.4, 0.5) is 0 Å². The Bertz CT molecular complexity index is 538. The topological polar surface area (TPSA) is 70.7 Å². The molecule has 1 saturated heterocycles. The number of piperidine rings is 1. The smallest absolute Gasteiger partial charge is 0.217 e. The summed E-state index contributed by atoms with van der Waals surface area (Å²) in [4.78, 5) is 18.2. The summed E-state index contributed by atoms with van der Waals surface area (Å²) in [5, 5.41) is 3.37. The summed E-state index contributed by atoms with van der Waals surface area (Å²) in [5.74, 6) is 1.06. The molecule has 1 heterocycles. The van der Waals surface area contributed by atoms with Crippen LogP contribution in [0.15, 0.2) is 29.3 Å². The maximum absolute atomic E-state index is 11.2. The van der Waals surface area contributed by atoms with E-state index >= 15 is 0 Å². The number of nitrogens with zero attached hydrogens (tertiary/aromatic N) is 2. The molecule has 5 heteroatoms. The Morgan fingerprint density at radius 3 is 2.78 bits per heavy atom. The predicted octanol–water partition coefficient (Wildman–Crippen LogP) is 2.05. The summed E-state index contributed by atoms with van der Waals surface area (Å²) in [6.45, 7) is 7.50. The summed E-state index contributed by atoms with van der Waals surface area (Å²) in [6, 6.07) is 8.46. The van der Waals surface area contributed by atoms with Crippen molar-refractivity contribution in [2.75, 3.05) is 19.6 Å². The molecule has 0 radical (unpaired) electrons. The van der Waals surface area contributed by atoms with E-state index in [4.69, 9.17) is 10.7 Å². The third-order valence-corrected chi connectivity index (χ3v) is 4.18. The highest BCUT2D eigenvalue weighted by Gasteiger charge is 2.23. The molecule has 2 rings (SSSR count). The third-order valence-electron chi connectivity index (χ3n) is 4.18. The van der Waals surface area contributed by atoms with Crippen LogP contribution in [0.3, 0.4) is 0 Å². The summed E-state index contributed by atoms with van der Waals surface area (Å²) < 4.78 is 0. The first-order valence-electron chi connectivity index (χ1n) is 8.45. The van der Waals surface area contributed by atoms with Gasteiger partial charge in [-0.05, 0) is 38.2 Å². The summed E-state index contributed by atoms with van der Waals surface area (Å²) in [5.41, 5.74) is 7.81. The molecule has 0 spiro atoms. The van der Waals surface area contributed by atoms with Gasteiger partial charge in [0.15, 0.2) is 5.96 Å². The molecule has 1 aliphatic rings. The maximum atomic E-state index is 11.2. The van der Waals surface area contributed by atoms with E-state index in [-0.39, 0.29) is 5.91 Å². The highest BCUT2D eigenvalue weighted by Crippen LogP contribution is 2.19. The Morgan fingerprint density at radius 2 is 2.13 bits per heavy atom. The lowest BCUT2D eigenvalue weighted by molar-refractivity contribution is -0.119. The first-order valence-corrected chi connectivity index (χ1v) is 8.45. The molecule has 1 atom stereocenters. The Hall–Kier alpha value is -2.04. The molecule has 1 amide bonds. The number of amides is 1. The predicted molar refractivity (Wildman–Crippen MR) is 94.1 cm³/mol. The highest BCUT2D eigenvalue weighted by molar-refractivity contribution is 5.80. The molecule has 5 nitrogen and oxygen atoms in total. The van der Waals surface area contributed by atoms with Gasteiger partial charge >= 0.3 is 0 Å². The molecular weight excluding hydrogens is 288 g/mol. The van der Waals surface area contributed by atoms with Crippen LogP contribution in [-0.4, -0.2) is 36.4 Å². The number of nitrogens with two attached hydrogens (primary N) is 1. The fourth-order valence-electron chi connectivity index (χ4n) is 2.99. The van der Waals surface area contributed by atoms with E-state index in [0.29, 0.717) is 18.9 Å². The zero-order chi connectivity index (χ0) is 16.7. The van der Waals surface area contributed by atoms with Crippen molar-refractivity contribution < 1.29 is 4.79 Å². The van der Waals surface area contributed by atoms with Crippen molar-refractivity contribution in [1.29, 1.82) is 0 Å². The van der Waals surface area contributed by atoms with Gasteiger partial charge in [-0.1, -0.05) is 29.8 Å². The molecule has 0 aliphatic carbocycles. The standard InChI is InChI=1S/C18H28N4O/c1-3-20-18(21-12-15-8-6-14(2)7-9-15)22-10-4-5-16(13-22)11-17(19)23/h6-9,16H,3-5,10-13H2,1-2H3,(H2,19,23)(H,20,21). The van der Waals surface area contributed by atoms with E-state index in [1.165, 1.54) is 11.1 Å². The number of aliphatic imine (C=N–C) groups is 1. The number of primary amides is 1. The van der Waals surface area contributed by atoms with Crippen molar-refractivity contribution in [3.8, 4) is 0 Å². The third kappa shape index (κ3) is 5.58. The number of hydrogen-bond donors (Lipinski definition) is 2. The molecule has 1 aromatic carbocycles. The van der Waals surface area contributed by atoms with Crippen molar-refractivity contribution in [2.45, 2.75) is 39.7 Å². The Kier molecular flexibility index (Phi) is 6.44. The molecule has 0 saturated carbocycles. The second-order valence-electron chi connectivity index (χ2n) is 6.28. The monoisotopic (exact) mass is 316 g/mol. The fraction of sp³-hybridized carbons (Fsp3) is 0.556. The first-order chi connectivity index (χ1) is 11.1. The molecule has 0 aromatic heterocycles. The number of nitrogens with one attached hydrogen (secondary N) is 1. The van der Waals surface area contributed by atoms with E-state index in [0.717, 1.165) is 38.4 Å². The molecule has 1 unspecified atom stereocenters. The van der Waals surface area contributed by atoms with Crippen LogP contribution in [0.2, 0.25) is 0 Å². The van der Waals surface area contributed by atoms with Gasteiger partial charge in [-0.15, -0.1) is 0 Å². The van der Waals surface area contributed by atoms with Crippen LogP contribution in [0, 0.1) is 12.8 Å². The van der Waals surface area contributed by atoms with Crippen LogP contribution in [0.5, 0.6) is 0 Å². The lowest BCUT2D eigenvalue weighted by Crippen LogP contribution is -2.47. The second-order valence-corrected chi connectivity index (χ2v) is 6.28. The fourth-order valence-corrected chi connectivity index (χ4v) is 2.99. The van der Waals surface area contributed by atoms with E-state index < -0.39 is 0 Å². The van der Waals surface area contributed by atoms with Crippen molar-refractivity contribution in [3.05, 3.63) is 35.4 Å². The number of aryl methyl sites for hydroxylation is 1. The van der Waals surface area contributed by atoms with Gasteiger partial charge < -0.3 is 16.0 Å². The second kappa shape index (κ2) is 8.56. The zero-order valence-electron chi connectivity index (χ0n) is 14.2. The van der Waals surface area contributed by atoms with Gasteiger partial charge in [0.1, 0.15) is 0 Å². The minimum absolute atomic E-state index is 0.210. The van der Waals surface area contributed by atoms with Gasteiger partial charge in [-0.2, -0.15) is 0 Å². The van der Waals surface area contributed by atoms with Crippen LogP contribution in [0.25, 0.3) is 0 Å². The molecule has 126 valence electrons. The molecule has 0 bridgehead atoms. The van der Waals surface area contributed by atoms with Crippen molar-refractivity contribution in [1.82, 2.24) is 10.2 Å². The van der Waals surface area contributed by atoms with Gasteiger partial charge in [0.05, 0.1) is 6.54 Å². The zero-order valence-corrected chi connectivity index (χ0v) is 14.2. The number of carbonyl (C=O) groups excluding carboxylic acids is 1. The Morgan fingerprint density at radius 1 is 1.39 bits per heavy atom. The normalized spacial score (nSPS) is 18.8. The number of likely N-dealkylation sites (tertiary alicyclic amines) is 1. The Balaban J connectivity index is 2.02. The number of rotatable bonds is 5. The van der Waals surface area contributed by atoms with Crippen LogP contribution in [0.1, 0.15) is 37.3 Å². The van der Waals surface area contributed by atoms with Crippen LogP contribution >= 0.6 is 0 Å². The SMILES string of the molecule is CCNC(=NCc1ccc(C)cc1)N1CCCC(CC(N)=O)C1. The van der Waals surface area contributed by atoms with Gasteiger partial charge in [0, 0.05) is 26.1 Å². The number of hydrogen-bond acceptors (Lipinski definition) is 2. The maximum Gasteiger partial charge on any atom is 0.217 e. The van der Waals surface area contributed by atoms with Gasteiger partial charge in [0.2, 0.25) is 5.91 Å². The largest absolute Gasteiger partial charge is 0.370 e. The van der Waals surface area contributed by atoms with Crippen LogP contribution in [-0.2, 0) is 11.3 Å². The summed E-state index contributed by atoms with van der Waals surface area (Å²) in [7, 11) is 0. The molecule has 3 N–H and O–H groups in total. The van der Waals surface area contributed by atoms with E-state index in [9.17, 15) is 4.79 Å². The quantitative estimate of drug-likeness (QED) is 0.645. The highest BCUT2D eigenvalue weighted by atomic mass is 16.1. The number of guanidine groups is 1. The van der Waals surface area contributed by atoms with Crippen molar-refractivity contribution >= 4 is 11.9 Å². The molecular formula is C18H28N4O. The average Bonchev–Trinajstić information content (AvgIpc) is 2.52. The summed E-state index contributed by atoms with van der Waals surface area (Å²) >= 11 is 0. The van der Waals surface area contributed by atoms with Gasteiger partial charge in [-0.25, -0.2) is 4.99 Å². The van der Waals surface area contributed by atoms with Crippen molar-refractivity contribution in [2.24, 2.45) is 16.6 Å². The van der Waals surface area contributed by atoms with Gasteiger partial charge in [-0.3, -0.25) is 4.79 Å². The van der Waals surface area contributed by atoms with Gasteiger partial charge in [0.25, 0.3) is 0 Å². The lowest BCUT2D eigenvalue weighted by atomic mass is 9.95. The number of benzene rings is 1. The van der Waals surface area contributed by atoms with E-state index in [2.05, 4.69) is 48.3 Å². The number of carbonyl (C=O) groups is 1. The van der Waals surface area contributed by atoms with E-state index in [1.54, 1.807) is 0 Å². The molecule has 1 aliphatic heterocycles. The lowest BCUT2D eigenvalue weighted by Gasteiger charge is -2.34. The summed E-state index contributed by atoms with van der Waals surface area (Å²) in [6.07, 6.45) is 2.61. The van der Waals surface area contributed by atoms with E-state index in [1.807, 2.05) is 0 Å². The average molecular weight is 316 g/mol. The van der Waals surface area contributed by atoms with Crippen molar-refractivity contribution in [3.63, 3.8) is 0 Å². The molecule has 1 aromatic rings.